The normalized spacial score (nSPS) is 16.4. The summed E-state index contributed by atoms with van der Waals surface area (Å²) in [5.41, 5.74) is 2.10. The molecule has 2 N–H and O–H groups in total. The van der Waals surface area contributed by atoms with Gasteiger partial charge in [0, 0.05) is 17.8 Å². The lowest BCUT2D eigenvalue weighted by Gasteiger charge is -2.38. The highest BCUT2D eigenvalue weighted by Gasteiger charge is 2.38. The van der Waals surface area contributed by atoms with E-state index in [0.29, 0.717) is 0 Å². The van der Waals surface area contributed by atoms with Gasteiger partial charge in [-0.3, -0.25) is 9.59 Å². The van der Waals surface area contributed by atoms with E-state index in [0.717, 1.165) is 42.4 Å². The number of hydrogen-bond acceptors (Lipinski definition) is 5. The second-order valence-corrected chi connectivity index (χ2v) is 11.1. The van der Waals surface area contributed by atoms with Crippen molar-refractivity contribution < 1.29 is 19.1 Å². The lowest BCUT2D eigenvalue weighted by Crippen LogP contribution is -2.56. The molecule has 3 amide bonds. The molecule has 35 heavy (non-hydrogen) atoms. The molecule has 1 fully saturated rings. The lowest BCUT2D eigenvalue weighted by molar-refractivity contribution is -0.144. The molecule has 2 unspecified atom stereocenters. The summed E-state index contributed by atoms with van der Waals surface area (Å²) in [5, 5.41) is 5.87. The topological polar surface area (TPSA) is 87.7 Å². The van der Waals surface area contributed by atoms with Crippen molar-refractivity contribution in [3.63, 3.8) is 0 Å². The van der Waals surface area contributed by atoms with E-state index in [9.17, 15) is 14.4 Å². The highest BCUT2D eigenvalue weighted by molar-refractivity contribution is 7.80. The van der Waals surface area contributed by atoms with Gasteiger partial charge in [0.15, 0.2) is 0 Å². The Hall–Kier alpha value is -2.22. The second-order valence-electron chi connectivity index (χ2n) is 10.8. The van der Waals surface area contributed by atoms with Gasteiger partial charge in [0.05, 0.1) is 0 Å². The number of hydrogen-bond donors (Lipinski definition) is 3. The quantitative estimate of drug-likeness (QED) is 0.441. The summed E-state index contributed by atoms with van der Waals surface area (Å²) in [6.45, 7) is 13.0. The number of rotatable bonds is 8. The van der Waals surface area contributed by atoms with Gasteiger partial charge in [0.2, 0.25) is 11.8 Å². The molecule has 7 nitrogen and oxygen atoms in total. The van der Waals surface area contributed by atoms with E-state index in [1.54, 1.807) is 25.7 Å². The van der Waals surface area contributed by atoms with E-state index >= 15 is 0 Å². The lowest BCUT2D eigenvalue weighted by atomic mass is 9.92. The van der Waals surface area contributed by atoms with Crippen LogP contribution in [-0.2, 0) is 14.3 Å². The number of nitrogens with one attached hydrogen (secondary N) is 2. The van der Waals surface area contributed by atoms with Crippen molar-refractivity contribution >= 4 is 30.5 Å². The number of carbonyl (C=O) groups is 3. The first-order valence-electron chi connectivity index (χ1n) is 12.6. The molecule has 196 valence electrons. The first kappa shape index (κ1) is 29.0. The van der Waals surface area contributed by atoms with Crippen molar-refractivity contribution in [3.05, 3.63) is 34.9 Å². The zero-order valence-corrected chi connectivity index (χ0v) is 23.2. The minimum absolute atomic E-state index is 0.0745. The molecule has 1 aromatic rings. The van der Waals surface area contributed by atoms with Crippen molar-refractivity contribution in [1.82, 2.24) is 15.5 Å². The van der Waals surface area contributed by atoms with Gasteiger partial charge in [-0.05, 0) is 78.0 Å². The fourth-order valence-corrected chi connectivity index (χ4v) is 4.76. The van der Waals surface area contributed by atoms with Crippen molar-refractivity contribution in [2.24, 2.45) is 0 Å². The van der Waals surface area contributed by atoms with Crippen LogP contribution in [0.3, 0.4) is 0 Å². The highest BCUT2D eigenvalue weighted by Crippen LogP contribution is 2.30. The zero-order chi connectivity index (χ0) is 26.3. The van der Waals surface area contributed by atoms with Crippen LogP contribution in [-0.4, -0.2) is 52.3 Å². The third-order valence-electron chi connectivity index (χ3n) is 6.40. The van der Waals surface area contributed by atoms with Crippen molar-refractivity contribution in [3.8, 4) is 0 Å². The average Bonchev–Trinajstić information content (AvgIpc) is 2.76. The maximum absolute atomic E-state index is 13.9. The first-order valence-corrected chi connectivity index (χ1v) is 13.3. The van der Waals surface area contributed by atoms with Crippen molar-refractivity contribution in [2.45, 2.75) is 110 Å². The predicted molar refractivity (Wildman–Crippen MR) is 143 cm³/mol. The van der Waals surface area contributed by atoms with Crippen LogP contribution in [0.1, 0.15) is 89.5 Å². The van der Waals surface area contributed by atoms with Crippen LogP contribution in [0.5, 0.6) is 0 Å². The Morgan fingerprint density at radius 3 is 2.29 bits per heavy atom. The van der Waals surface area contributed by atoms with Gasteiger partial charge in [-0.2, -0.15) is 12.6 Å². The third kappa shape index (κ3) is 8.16. The number of ether oxygens (including phenoxy) is 1. The standard InChI is InChI=1S/C27H43N3O4S/c1-17(2)30(25(32)22(16-35)29-26(33)34-27(5,6)7)23(21-15-11-12-18(3)19(21)4)24(31)28-20-13-9-8-10-14-20/h11-12,15,17,20,22-23,35H,8-10,13-14,16H2,1-7H3,(H,28,31)(H,29,33). The van der Waals surface area contributed by atoms with Gasteiger partial charge in [-0.25, -0.2) is 4.79 Å². The molecule has 0 bridgehead atoms. The zero-order valence-electron chi connectivity index (χ0n) is 22.3. The SMILES string of the molecule is Cc1cccc(C(C(=O)NC2CCCCC2)N(C(=O)C(CS)NC(=O)OC(C)(C)C)C(C)C)c1C. The third-order valence-corrected chi connectivity index (χ3v) is 6.77. The molecule has 0 aromatic heterocycles. The van der Waals surface area contributed by atoms with E-state index < -0.39 is 23.8 Å². The first-order chi connectivity index (χ1) is 16.4. The Labute approximate surface area is 216 Å². The summed E-state index contributed by atoms with van der Waals surface area (Å²) in [4.78, 5) is 41.7. The molecule has 2 rings (SSSR count). The van der Waals surface area contributed by atoms with Gasteiger partial charge in [-0.15, -0.1) is 0 Å². The van der Waals surface area contributed by atoms with Crippen LogP contribution >= 0.6 is 12.6 Å². The summed E-state index contributed by atoms with van der Waals surface area (Å²) in [7, 11) is 0. The Morgan fingerprint density at radius 2 is 1.74 bits per heavy atom. The largest absolute Gasteiger partial charge is 0.444 e. The smallest absolute Gasteiger partial charge is 0.408 e. The Balaban J connectivity index is 2.44. The van der Waals surface area contributed by atoms with Crippen LogP contribution in [0.15, 0.2) is 18.2 Å². The number of nitrogens with zero attached hydrogens (tertiary/aromatic N) is 1. The average molecular weight is 506 g/mol. The molecule has 0 aliphatic heterocycles. The van der Waals surface area contributed by atoms with Crippen LogP contribution in [0.25, 0.3) is 0 Å². The Bertz CT molecular complexity index is 891. The molecule has 0 radical (unpaired) electrons. The van der Waals surface area contributed by atoms with Gasteiger partial charge >= 0.3 is 6.09 Å². The number of thiol groups is 1. The molecule has 0 spiro atoms. The van der Waals surface area contributed by atoms with Crippen LogP contribution in [0, 0.1) is 13.8 Å². The maximum Gasteiger partial charge on any atom is 0.408 e. The maximum atomic E-state index is 13.9. The Kier molecular flexibility index (Phi) is 10.5. The highest BCUT2D eigenvalue weighted by atomic mass is 32.1. The molecule has 1 aliphatic rings. The van der Waals surface area contributed by atoms with Crippen molar-refractivity contribution in [2.75, 3.05) is 5.75 Å². The molecule has 0 saturated heterocycles. The fraction of sp³-hybridized carbons (Fsp3) is 0.667. The van der Waals surface area contributed by atoms with Gasteiger partial charge in [0.1, 0.15) is 17.7 Å². The summed E-state index contributed by atoms with van der Waals surface area (Å²) in [6, 6.07) is 3.86. The molecule has 2 atom stereocenters. The molecule has 1 aliphatic carbocycles. The molecular weight excluding hydrogens is 462 g/mol. The van der Waals surface area contributed by atoms with Gasteiger partial charge in [0.25, 0.3) is 0 Å². The van der Waals surface area contributed by atoms with E-state index in [4.69, 9.17) is 4.74 Å². The monoisotopic (exact) mass is 505 g/mol. The summed E-state index contributed by atoms with van der Waals surface area (Å²) < 4.78 is 5.35. The molecule has 1 saturated carbocycles. The minimum atomic E-state index is -0.939. The number of benzene rings is 1. The van der Waals surface area contributed by atoms with Crippen molar-refractivity contribution in [1.29, 1.82) is 0 Å². The number of alkyl carbamates (subject to hydrolysis) is 1. The van der Waals surface area contributed by atoms with E-state index in [-0.39, 0.29) is 29.7 Å². The van der Waals surface area contributed by atoms with Crippen LogP contribution in [0.2, 0.25) is 0 Å². The Morgan fingerprint density at radius 1 is 1.11 bits per heavy atom. The molecule has 0 heterocycles. The summed E-state index contributed by atoms with van der Waals surface area (Å²) in [5.74, 6) is -0.487. The van der Waals surface area contributed by atoms with E-state index in [1.165, 1.54) is 6.42 Å². The second kappa shape index (κ2) is 12.7. The van der Waals surface area contributed by atoms with Gasteiger partial charge in [-0.1, -0.05) is 37.5 Å². The minimum Gasteiger partial charge on any atom is -0.444 e. The van der Waals surface area contributed by atoms with E-state index in [1.807, 2.05) is 45.9 Å². The van der Waals surface area contributed by atoms with E-state index in [2.05, 4.69) is 23.3 Å². The van der Waals surface area contributed by atoms with Gasteiger partial charge < -0.3 is 20.3 Å². The van der Waals surface area contributed by atoms with Crippen LogP contribution < -0.4 is 10.6 Å². The number of aryl methyl sites for hydroxylation is 1. The molecular formula is C27H43N3O4S. The number of amides is 3. The number of carbonyl (C=O) groups excluding carboxylic acids is 3. The summed E-state index contributed by atoms with van der Waals surface area (Å²) in [6.07, 6.45) is 4.56. The van der Waals surface area contributed by atoms with Crippen LogP contribution in [0.4, 0.5) is 4.79 Å². The summed E-state index contributed by atoms with van der Waals surface area (Å²) >= 11 is 4.34. The predicted octanol–water partition coefficient (Wildman–Crippen LogP) is 4.85. The molecule has 1 aromatic carbocycles. The molecule has 8 heteroatoms. The fourth-order valence-electron chi connectivity index (χ4n) is 4.51.